The van der Waals surface area contributed by atoms with Gasteiger partial charge in [0, 0.05) is 12.2 Å². The number of hydrogen-bond acceptors (Lipinski definition) is 1. The lowest BCUT2D eigenvalue weighted by atomic mass is 9.76. The van der Waals surface area contributed by atoms with E-state index in [9.17, 15) is 0 Å². The SMILES string of the molecule is c1ccc(C2CCC2)c(-c2cccc3c2CCCN3)c1. The van der Waals surface area contributed by atoms with Gasteiger partial charge in [-0.15, -0.1) is 0 Å². The van der Waals surface area contributed by atoms with E-state index < -0.39 is 0 Å². The second-order valence-electron chi connectivity index (χ2n) is 6.08. The Morgan fingerprint density at radius 3 is 2.55 bits per heavy atom. The summed E-state index contributed by atoms with van der Waals surface area (Å²) in [6.07, 6.45) is 6.58. The van der Waals surface area contributed by atoms with Gasteiger partial charge in [-0.25, -0.2) is 0 Å². The van der Waals surface area contributed by atoms with Crippen LogP contribution in [0.1, 0.15) is 42.7 Å². The van der Waals surface area contributed by atoms with Gasteiger partial charge in [0.05, 0.1) is 0 Å². The largest absolute Gasteiger partial charge is 0.385 e. The molecular weight excluding hydrogens is 242 g/mol. The van der Waals surface area contributed by atoms with Crippen molar-refractivity contribution in [3.8, 4) is 11.1 Å². The molecule has 0 bridgehead atoms. The van der Waals surface area contributed by atoms with Crippen LogP contribution in [0, 0.1) is 0 Å². The van der Waals surface area contributed by atoms with E-state index in [0.717, 1.165) is 12.5 Å². The van der Waals surface area contributed by atoms with E-state index in [0.29, 0.717) is 0 Å². The Bertz CT molecular complexity index is 625. The molecule has 0 radical (unpaired) electrons. The van der Waals surface area contributed by atoms with Crippen LogP contribution in [0.5, 0.6) is 0 Å². The summed E-state index contributed by atoms with van der Waals surface area (Å²) in [5.41, 5.74) is 7.36. The molecule has 4 rings (SSSR count). The first-order chi connectivity index (χ1) is 9.93. The number of fused-ring (bicyclic) bond motifs is 1. The van der Waals surface area contributed by atoms with Gasteiger partial charge in [0.15, 0.2) is 0 Å². The summed E-state index contributed by atoms with van der Waals surface area (Å²) in [5.74, 6) is 0.790. The molecule has 2 aliphatic rings. The molecular formula is C19H21N. The van der Waals surface area contributed by atoms with Crippen LogP contribution < -0.4 is 5.32 Å². The summed E-state index contributed by atoms with van der Waals surface area (Å²) >= 11 is 0. The average molecular weight is 263 g/mol. The Morgan fingerprint density at radius 2 is 1.70 bits per heavy atom. The molecule has 1 nitrogen and oxygen atoms in total. The molecule has 1 heteroatoms. The highest BCUT2D eigenvalue weighted by molar-refractivity contribution is 5.77. The molecule has 1 saturated carbocycles. The van der Waals surface area contributed by atoms with Gasteiger partial charge in [0.1, 0.15) is 0 Å². The topological polar surface area (TPSA) is 12.0 Å². The van der Waals surface area contributed by atoms with Crippen molar-refractivity contribution < 1.29 is 0 Å². The van der Waals surface area contributed by atoms with Crippen LogP contribution in [0.3, 0.4) is 0 Å². The first-order valence-electron chi connectivity index (χ1n) is 7.88. The Morgan fingerprint density at radius 1 is 0.850 bits per heavy atom. The fraction of sp³-hybridized carbons (Fsp3) is 0.368. The van der Waals surface area contributed by atoms with Crippen molar-refractivity contribution in [3.05, 3.63) is 53.6 Å². The Hall–Kier alpha value is -1.76. The van der Waals surface area contributed by atoms with Gasteiger partial charge in [0.2, 0.25) is 0 Å². The lowest BCUT2D eigenvalue weighted by molar-refractivity contribution is 0.420. The Balaban J connectivity index is 1.85. The van der Waals surface area contributed by atoms with E-state index >= 15 is 0 Å². The molecule has 2 aromatic carbocycles. The van der Waals surface area contributed by atoms with Crippen molar-refractivity contribution in [2.24, 2.45) is 0 Å². The zero-order chi connectivity index (χ0) is 13.4. The quantitative estimate of drug-likeness (QED) is 0.805. The summed E-state index contributed by atoms with van der Waals surface area (Å²) in [4.78, 5) is 0. The summed E-state index contributed by atoms with van der Waals surface area (Å²) in [5, 5.41) is 3.55. The lowest BCUT2D eigenvalue weighted by Gasteiger charge is -2.29. The standard InChI is InChI=1S/C19H21N/c1-2-9-16(15(8-1)14-6-3-7-14)17-10-4-12-19-18(17)11-5-13-20-19/h1-2,4,8-10,12,14,20H,3,5-7,11,13H2. The number of anilines is 1. The molecule has 0 amide bonds. The zero-order valence-corrected chi connectivity index (χ0v) is 11.9. The summed E-state index contributed by atoms with van der Waals surface area (Å²) < 4.78 is 0. The van der Waals surface area contributed by atoms with Crippen LogP contribution in [-0.2, 0) is 6.42 Å². The van der Waals surface area contributed by atoms with Crippen LogP contribution in [-0.4, -0.2) is 6.54 Å². The minimum Gasteiger partial charge on any atom is -0.385 e. The maximum Gasteiger partial charge on any atom is 0.0378 e. The van der Waals surface area contributed by atoms with E-state index in [-0.39, 0.29) is 0 Å². The minimum atomic E-state index is 0.790. The molecule has 102 valence electrons. The molecule has 0 atom stereocenters. The van der Waals surface area contributed by atoms with Gasteiger partial charge in [-0.05, 0) is 59.9 Å². The number of nitrogens with one attached hydrogen (secondary N) is 1. The maximum atomic E-state index is 3.55. The molecule has 2 aromatic rings. The molecule has 20 heavy (non-hydrogen) atoms. The van der Waals surface area contributed by atoms with Gasteiger partial charge >= 0.3 is 0 Å². The second kappa shape index (κ2) is 4.97. The van der Waals surface area contributed by atoms with E-state index in [4.69, 9.17) is 0 Å². The predicted octanol–water partition coefficient (Wildman–Crippen LogP) is 4.98. The van der Waals surface area contributed by atoms with Crippen LogP contribution in [0.2, 0.25) is 0 Å². The van der Waals surface area contributed by atoms with Crippen molar-refractivity contribution in [1.29, 1.82) is 0 Å². The molecule has 1 aliphatic heterocycles. The first kappa shape index (κ1) is 12.0. The molecule has 0 aromatic heterocycles. The van der Waals surface area contributed by atoms with Crippen LogP contribution >= 0.6 is 0 Å². The number of benzene rings is 2. The third-order valence-corrected chi connectivity index (χ3v) is 4.89. The van der Waals surface area contributed by atoms with E-state index in [1.165, 1.54) is 54.5 Å². The fourth-order valence-electron chi connectivity index (χ4n) is 3.58. The number of hydrogen-bond donors (Lipinski definition) is 1. The summed E-state index contributed by atoms with van der Waals surface area (Å²) in [6.45, 7) is 1.11. The maximum absolute atomic E-state index is 3.55. The summed E-state index contributed by atoms with van der Waals surface area (Å²) in [6, 6.07) is 15.8. The second-order valence-corrected chi connectivity index (χ2v) is 6.08. The molecule has 1 aliphatic carbocycles. The highest BCUT2D eigenvalue weighted by atomic mass is 14.9. The van der Waals surface area contributed by atoms with Crippen molar-refractivity contribution in [1.82, 2.24) is 0 Å². The van der Waals surface area contributed by atoms with Gasteiger partial charge in [-0.3, -0.25) is 0 Å². The van der Waals surface area contributed by atoms with Gasteiger partial charge < -0.3 is 5.32 Å². The van der Waals surface area contributed by atoms with Crippen molar-refractivity contribution >= 4 is 5.69 Å². The third kappa shape index (κ3) is 1.93. The van der Waals surface area contributed by atoms with Crippen molar-refractivity contribution in [3.63, 3.8) is 0 Å². The van der Waals surface area contributed by atoms with Crippen molar-refractivity contribution in [2.45, 2.75) is 38.0 Å². The van der Waals surface area contributed by atoms with Crippen molar-refractivity contribution in [2.75, 3.05) is 11.9 Å². The monoisotopic (exact) mass is 263 g/mol. The summed E-state index contributed by atoms with van der Waals surface area (Å²) in [7, 11) is 0. The fourth-order valence-corrected chi connectivity index (χ4v) is 3.58. The molecule has 0 unspecified atom stereocenters. The molecule has 1 heterocycles. The number of rotatable bonds is 2. The van der Waals surface area contributed by atoms with Gasteiger partial charge in [-0.1, -0.05) is 42.8 Å². The normalized spacial score (nSPS) is 18.0. The molecule has 1 N–H and O–H groups in total. The van der Waals surface area contributed by atoms with Gasteiger partial charge in [-0.2, -0.15) is 0 Å². The molecule has 1 fully saturated rings. The average Bonchev–Trinajstić information content (AvgIpc) is 2.46. The molecule has 0 saturated heterocycles. The lowest BCUT2D eigenvalue weighted by Crippen LogP contribution is -2.14. The third-order valence-electron chi connectivity index (χ3n) is 4.89. The smallest absolute Gasteiger partial charge is 0.0378 e. The van der Waals surface area contributed by atoms with Crippen LogP contribution in [0.4, 0.5) is 5.69 Å². The first-order valence-corrected chi connectivity index (χ1v) is 7.88. The van der Waals surface area contributed by atoms with Crippen LogP contribution in [0.15, 0.2) is 42.5 Å². The zero-order valence-electron chi connectivity index (χ0n) is 11.9. The van der Waals surface area contributed by atoms with Gasteiger partial charge in [0.25, 0.3) is 0 Å². The van der Waals surface area contributed by atoms with E-state index in [2.05, 4.69) is 47.8 Å². The Kier molecular flexibility index (Phi) is 2.99. The minimum absolute atomic E-state index is 0.790. The highest BCUT2D eigenvalue weighted by Gasteiger charge is 2.23. The molecule has 0 spiro atoms. The predicted molar refractivity (Wildman–Crippen MR) is 85.3 cm³/mol. The Labute approximate surface area is 121 Å². The van der Waals surface area contributed by atoms with Crippen LogP contribution in [0.25, 0.3) is 11.1 Å². The van der Waals surface area contributed by atoms with E-state index in [1.807, 2.05) is 0 Å². The van der Waals surface area contributed by atoms with E-state index in [1.54, 1.807) is 5.56 Å². The highest BCUT2D eigenvalue weighted by Crippen LogP contribution is 2.43.